The summed E-state index contributed by atoms with van der Waals surface area (Å²) in [5, 5.41) is 23.0. The molecule has 0 aliphatic rings. The summed E-state index contributed by atoms with van der Waals surface area (Å²) in [5.41, 5.74) is 0.0219. The summed E-state index contributed by atoms with van der Waals surface area (Å²) in [6.45, 7) is 0. The summed E-state index contributed by atoms with van der Waals surface area (Å²) in [6, 6.07) is 6.08. The third-order valence-electron chi connectivity index (χ3n) is 2.80. The second-order valence-corrected chi connectivity index (χ2v) is 5.96. The van der Waals surface area contributed by atoms with Gasteiger partial charge in [-0.1, -0.05) is 40.6 Å². The average Bonchev–Trinajstić information content (AvgIpc) is 2.99. The van der Waals surface area contributed by atoms with E-state index in [0.717, 1.165) is 16.7 Å². The summed E-state index contributed by atoms with van der Waals surface area (Å²) < 4.78 is 0. The largest absolute Gasteiger partial charge is 0.376 e. The van der Waals surface area contributed by atoms with Gasteiger partial charge in [-0.15, -0.1) is 0 Å². The van der Waals surface area contributed by atoms with Gasteiger partial charge in [-0.3, -0.25) is 14.9 Å². The normalized spacial score (nSPS) is 11.4. The van der Waals surface area contributed by atoms with E-state index >= 15 is 0 Å². The molecule has 0 saturated heterocycles. The third kappa shape index (κ3) is 3.68. The molecule has 1 aromatic heterocycles. The number of hydrogen-bond acceptors (Lipinski definition) is 7. The zero-order valence-corrected chi connectivity index (χ0v) is 13.9. The number of hydrogen-bond donors (Lipinski definition) is 1. The SMILES string of the molecule is N#CC(C(=O)C(=O)Nc1nc([N+](=O)[O-])cs1)c1c(Cl)cccc1Cl. The number of amides is 1. The quantitative estimate of drug-likeness (QED) is 0.479. The first-order valence-electron chi connectivity index (χ1n) is 6.13. The Bertz CT molecular complexity index is 857. The Morgan fingerprint density at radius 1 is 1.38 bits per heavy atom. The van der Waals surface area contributed by atoms with E-state index in [4.69, 9.17) is 23.2 Å². The van der Waals surface area contributed by atoms with E-state index < -0.39 is 28.3 Å². The predicted octanol–water partition coefficient (Wildman–Crippen LogP) is 3.17. The van der Waals surface area contributed by atoms with Gasteiger partial charge in [-0.25, -0.2) is 0 Å². The van der Waals surface area contributed by atoms with Crippen LogP contribution in [0.5, 0.6) is 0 Å². The number of rotatable bonds is 5. The van der Waals surface area contributed by atoms with Crippen molar-refractivity contribution >= 4 is 57.2 Å². The Morgan fingerprint density at radius 3 is 2.50 bits per heavy atom. The van der Waals surface area contributed by atoms with E-state index in [1.807, 2.05) is 0 Å². The second kappa shape index (κ2) is 7.35. The molecule has 0 bridgehead atoms. The summed E-state index contributed by atoms with van der Waals surface area (Å²) >= 11 is 12.7. The molecule has 24 heavy (non-hydrogen) atoms. The monoisotopic (exact) mass is 384 g/mol. The van der Waals surface area contributed by atoms with Gasteiger partial charge in [0.15, 0.2) is 0 Å². The smallest absolute Gasteiger partial charge is 0.358 e. The fraction of sp³-hybridized carbons (Fsp3) is 0.0769. The maximum Gasteiger partial charge on any atom is 0.376 e. The molecule has 0 fully saturated rings. The number of aromatic nitrogens is 1. The lowest BCUT2D eigenvalue weighted by Crippen LogP contribution is -2.28. The second-order valence-electron chi connectivity index (χ2n) is 4.28. The third-order valence-corrected chi connectivity index (χ3v) is 4.21. The number of thiazole rings is 1. The van der Waals surface area contributed by atoms with Crippen LogP contribution in [0, 0.1) is 21.4 Å². The maximum atomic E-state index is 12.2. The number of nitrogens with zero attached hydrogens (tertiary/aromatic N) is 3. The Morgan fingerprint density at radius 2 is 2.00 bits per heavy atom. The first kappa shape index (κ1) is 17.8. The van der Waals surface area contributed by atoms with Crippen molar-refractivity contribution < 1.29 is 14.5 Å². The van der Waals surface area contributed by atoms with E-state index in [9.17, 15) is 25.0 Å². The topological polar surface area (TPSA) is 126 Å². The van der Waals surface area contributed by atoms with Crippen LogP contribution in [-0.2, 0) is 9.59 Å². The van der Waals surface area contributed by atoms with E-state index in [0.29, 0.717) is 0 Å². The minimum Gasteiger partial charge on any atom is -0.358 e. The highest BCUT2D eigenvalue weighted by molar-refractivity contribution is 7.14. The first-order valence-corrected chi connectivity index (χ1v) is 7.77. The van der Waals surface area contributed by atoms with Crippen molar-refractivity contribution in [3.63, 3.8) is 0 Å². The standard InChI is InChI=1S/C13H6Cl2N4O4S/c14-7-2-1-3-8(15)10(7)6(4-16)11(20)12(21)18-13-17-9(5-24-13)19(22)23/h1-3,5-6H,(H,17,18,21). The van der Waals surface area contributed by atoms with E-state index in [1.54, 1.807) is 6.07 Å². The van der Waals surface area contributed by atoms with Gasteiger partial charge in [-0.05, 0) is 22.0 Å². The highest BCUT2D eigenvalue weighted by atomic mass is 35.5. The molecule has 1 atom stereocenters. The van der Waals surface area contributed by atoms with E-state index in [-0.39, 0.29) is 20.7 Å². The van der Waals surface area contributed by atoms with Crippen LogP contribution in [0.4, 0.5) is 10.9 Å². The molecule has 122 valence electrons. The van der Waals surface area contributed by atoms with Crippen molar-refractivity contribution in [3.8, 4) is 6.07 Å². The number of carbonyl (C=O) groups is 2. The molecular weight excluding hydrogens is 379 g/mol. The number of carbonyl (C=O) groups excluding carboxylic acids is 2. The Hall–Kier alpha value is -2.54. The van der Waals surface area contributed by atoms with Gasteiger partial charge >= 0.3 is 10.9 Å². The molecule has 2 rings (SSSR count). The van der Waals surface area contributed by atoms with Crippen LogP contribution in [0.3, 0.4) is 0 Å². The molecule has 0 aliphatic heterocycles. The fourth-order valence-electron chi connectivity index (χ4n) is 1.74. The molecule has 0 saturated carbocycles. The lowest BCUT2D eigenvalue weighted by atomic mass is 9.95. The molecule has 0 radical (unpaired) electrons. The molecule has 8 nitrogen and oxygen atoms in total. The molecule has 1 aromatic carbocycles. The number of ketones is 1. The maximum absolute atomic E-state index is 12.2. The highest BCUT2D eigenvalue weighted by Crippen LogP contribution is 2.32. The zero-order chi connectivity index (χ0) is 17.9. The average molecular weight is 385 g/mol. The van der Waals surface area contributed by atoms with Crippen LogP contribution in [0.2, 0.25) is 10.0 Å². The van der Waals surface area contributed by atoms with Crippen molar-refractivity contribution in [2.75, 3.05) is 5.32 Å². The number of nitrogens with one attached hydrogen (secondary N) is 1. The van der Waals surface area contributed by atoms with Gasteiger partial charge in [-0.2, -0.15) is 5.26 Å². The molecule has 0 aliphatic carbocycles. The fourth-order valence-corrected chi connectivity index (χ4v) is 3.01. The molecule has 0 spiro atoms. The van der Waals surface area contributed by atoms with Crippen LogP contribution in [0.15, 0.2) is 23.6 Å². The van der Waals surface area contributed by atoms with Crippen molar-refractivity contribution in [1.29, 1.82) is 5.26 Å². The van der Waals surface area contributed by atoms with E-state index in [2.05, 4.69) is 10.3 Å². The van der Waals surface area contributed by atoms with Crippen molar-refractivity contribution in [1.82, 2.24) is 4.98 Å². The summed E-state index contributed by atoms with van der Waals surface area (Å²) in [4.78, 5) is 37.5. The van der Waals surface area contributed by atoms with Gasteiger partial charge in [0.05, 0.1) is 11.4 Å². The van der Waals surface area contributed by atoms with Gasteiger partial charge in [0.2, 0.25) is 5.78 Å². The Labute approximate surface area is 148 Å². The van der Waals surface area contributed by atoms with Crippen molar-refractivity contribution in [3.05, 3.63) is 49.3 Å². The molecular formula is C13H6Cl2N4O4S. The number of anilines is 1. The Balaban J connectivity index is 2.23. The first-order chi connectivity index (χ1) is 11.3. The van der Waals surface area contributed by atoms with Crippen LogP contribution in [0.25, 0.3) is 0 Å². The number of nitro groups is 1. The minimum absolute atomic E-state index is 0.0219. The zero-order valence-electron chi connectivity index (χ0n) is 11.5. The number of halogens is 2. The van der Waals surface area contributed by atoms with Crippen LogP contribution in [-0.4, -0.2) is 21.6 Å². The molecule has 1 heterocycles. The van der Waals surface area contributed by atoms with Gasteiger partial charge in [0, 0.05) is 15.6 Å². The summed E-state index contributed by atoms with van der Waals surface area (Å²) in [6.07, 6.45) is 0. The molecule has 1 unspecified atom stereocenters. The van der Waals surface area contributed by atoms with Gasteiger partial charge < -0.3 is 10.1 Å². The molecule has 1 N–H and O–H groups in total. The molecule has 11 heteroatoms. The van der Waals surface area contributed by atoms with Crippen molar-refractivity contribution in [2.24, 2.45) is 0 Å². The minimum atomic E-state index is -1.51. The molecule has 2 aromatic rings. The van der Waals surface area contributed by atoms with Crippen LogP contribution >= 0.6 is 34.5 Å². The van der Waals surface area contributed by atoms with Gasteiger partial charge in [0.1, 0.15) is 5.92 Å². The number of nitriles is 1. The van der Waals surface area contributed by atoms with Gasteiger partial charge in [0.25, 0.3) is 5.91 Å². The lowest BCUT2D eigenvalue weighted by Gasteiger charge is -2.11. The predicted molar refractivity (Wildman–Crippen MR) is 87.2 cm³/mol. The van der Waals surface area contributed by atoms with Crippen LogP contribution < -0.4 is 5.32 Å². The number of Topliss-reactive ketones (excluding diaryl/α,β-unsaturated/α-hetero) is 1. The molecule has 1 amide bonds. The summed E-state index contributed by atoms with van der Waals surface area (Å²) in [5.74, 6) is -4.23. The van der Waals surface area contributed by atoms with Crippen molar-refractivity contribution in [2.45, 2.75) is 5.92 Å². The number of benzene rings is 1. The lowest BCUT2D eigenvalue weighted by molar-refractivity contribution is -0.389. The summed E-state index contributed by atoms with van der Waals surface area (Å²) in [7, 11) is 0. The van der Waals surface area contributed by atoms with Crippen LogP contribution in [0.1, 0.15) is 11.5 Å². The Kier molecular flexibility index (Phi) is 5.46. The van der Waals surface area contributed by atoms with E-state index in [1.165, 1.54) is 18.2 Å². The highest BCUT2D eigenvalue weighted by Gasteiger charge is 2.31.